The minimum absolute atomic E-state index is 0.292. The van der Waals surface area contributed by atoms with Gasteiger partial charge in [-0.2, -0.15) is 0 Å². The van der Waals surface area contributed by atoms with E-state index < -0.39 is 18.6 Å². The Kier molecular flexibility index (Phi) is 4.39. The van der Waals surface area contributed by atoms with Crippen molar-refractivity contribution in [3.63, 3.8) is 0 Å². The number of ether oxygens (including phenoxy) is 3. The Morgan fingerprint density at radius 2 is 1.80 bits per heavy atom. The third kappa shape index (κ3) is 3.77. The first-order chi connectivity index (χ1) is 9.39. The molecule has 112 valence electrons. The van der Waals surface area contributed by atoms with E-state index in [9.17, 15) is 18.3 Å². The van der Waals surface area contributed by atoms with Crippen molar-refractivity contribution in [1.82, 2.24) is 0 Å². The van der Waals surface area contributed by atoms with Gasteiger partial charge in [-0.05, 0) is 31.2 Å². The molecule has 4 nitrogen and oxygen atoms in total. The average Bonchev–Trinajstić information content (AvgIpc) is 2.36. The van der Waals surface area contributed by atoms with Crippen molar-refractivity contribution in [2.24, 2.45) is 0 Å². The van der Waals surface area contributed by atoms with Gasteiger partial charge in [-0.3, -0.25) is 0 Å². The largest absolute Gasteiger partial charge is 0.573 e. The maximum absolute atomic E-state index is 12.0. The summed E-state index contributed by atoms with van der Waals surface area (Å²) in [5, 5.41) is 9.51. The van der Waals surface area contributed by atoms with E-state index in [0.29, 0.717) is 18.8 Å². The molecule has 1 N–H and O–H groups in total. The van der Waals surface area contributed by atoms with E-state index in [1.165, 1.54) is 24.3 Å². The van der Waals surface area contributed by atoms with Gasteiger partial charge in [0.15, 0.2) is 0 Å². The van der Waals surface area contributed by atoms with E-state index in [1.807, 2.05) is 6.92 Å². The van der Waals surface area contributed by atoms with Gasteiger partial charge in [-0.1, -0.05) is 0 Å². The summed E-state index contributed by atoms with van der Waals surface area (Å²) < 4.78 is 50.6. The minimum atomic E-state index is -4.71. The van der Waals surface area contributed by atoms with Gasteiger partial charge in [-0.15, -0.1) is 13.2 Å². The van der Waals surface area contributed by atoms with Crippen LogP contribution in [0.25, 0.3) is 0 Å². The molecule has 0 radical (unpaired) electrons. The van der Waals surface area contributed by atoms with Crippen LogP contribution in [0, 0.1) is 0 Å². The number of hydrogen-bond acceptors (Lipinski definition) is 4. The van der Waals surface area contributed by atoms with E-state index >= 15 is 0 Å². The molecule has 1 aromatic carbocycles. The zero-order chi connectivity index (χ0) is 14.8. The number of benzene rings is 1. The maximum Gasteiger partial charge on any atom is 0.573 e. The molecule has 0 spiro atoms. The Bertz CT molecular complexity index is 432. The standard InChI is InChI=1S/C13H15F3O4/c1-2-18-12-10(17)7-11(12)19-8-3-5-9(6-4-8)20-13(14,15)16/h3-6,10-12,17H,2,7H2,1H3. The molecule has 0 aromatic heterocycles. The van der Waals surface area contributed by atoms with Gasteiger partial charge in [0, 0.05) is 13.0 Å². The monoisotopic (exact) mass is 292 g/mol. The summed E-state index contributed by atoms with van der Waals surface area (Å²) in [7, 11) is 0. The fraction of sp³-hybridized carbons (Fsp3) is 0.538. The fourth-order valence-corrected chi connectivity index (χ4v) is 1.98. The van der Waals surface area contributed by atoms with Crippen LogP contribution in [0.4, 0.5) is 13.2 Å². The molecule has 0 saturated heterocycles. The van der Waals surface area contributed by atoms with Crippen molar-refractivity contribution in [1.29, 1.82) is 0 Å². The molecule has 3 atom stereocenters. The number of alkyl halides is 3. The lowest BCUT2D eigenvalue weighted by Gasteiger charge is -2.40. The molecule has 2 rings (SSSR count). The Hall–Kier alpha value is -1.47. The van der Waals surface area contributed by atoms with Gasteiger partial charge >= 0.3 is 6.36 Å². The van der Waals surface area contributed by atoms with Crippen LogP contribution < -0.4 is 9.47 Å². The second-order valence-corrected chi connectivity index (χ2v) is 4.40. The first-order valence-electron chi connectivity index (χ1n) is 6.21. The summed E-state index contributed by atoms with van der Waals surface area (Å²) in [5.74, 6) is 0.0981. The lowest BCUT2D eigenvalue weighted by molar-refractivity contribution is -0.274. The van der Waals surface area contributed by atoms with Gasteiger partial charge in [0.2, 0.25) is 0 Å². The summed E-state index contributed by atoms with van der Waals surface area (Å²) in [6.45, 7) is 2.27. The number of rotatable bonds is 5. The van der Waals surface area contributed by atoms with Gasteiger partial charge in [0.25, 0.3) is 0 Å². The van der Waals surface area contributed by atoms with E-state index in [4.69, 9.17) is 9.47 Å². The predicted octanol–water partition coefficient (Wildman–Crippen LogP) is 2.50. The van der Waals surface area contributed by atoms with Crippen molar-refractivity contribution in [3.8, 4) is 11.5 Å². The van der Waals surface area contributed by atoms with Crippen LogP contribution in [0.1, 0.15) is 13.3 Å². The maximum atomic E-state index is 12.0. The number of hydrogen-bond donors (Lipinski definition) is 1. The molecule has 0 heterocycles. The number of aliphatic hydroxyl groups is 1. The average molecular weight is 292 g/mol. The zero-order valence-electron chi connectivity index (χ0n) is 10.8. The lowest BCUT2D eigenvalue weighted by atomic mass is 9.88. The van der Waals surface area contributed by atoms with Crippen LogP contribution in [0.5, 0.6) is 11.5 Å². The molecule has 0 aliphatic heterocycles. The molecule has 1 aliphatic carbocycles. The Morgan fingerprint density at radius 3 is 2.30 bits per heavy atom. The van der Waals surface area contributed by atoms with Crippen LogP contribution in [0.3, 0.4) is 0 Å². The third-order valence-electron chi connectivity index (χ3n) is 2.92. The highest BCUT2D eigenvalue weighted by Gasteiger charge is 2.42. The lowest BCUT2D eigenvalue weighted by Crippen LogP contribution is -2.55. The van der Waals surface area contributed by atoms with E-state index in [0.717, 1.165) is 0 Å². The van der Waals surface area contributed by atoms with E-state index in [2.05, 4.69) is 4.74 Å². The van der Waals surface area contributed by atoms with Gasteiger partial charge < -0.3 is 19.3 Å². The molecule has 1 fully saturated rings. The molecule has 0 amide bonds. The quantitative estimate of drug-likeness (QED) is 0.906. The topological polar surface area (TPSA) is 47.9 Å². The Balaban J connectivity index is 1.91. The molecule has 20 heavy (non-hydrogen) atoms. The van der Waals surface area contributed by atoms with E-state index in [-0.39, 0.29) is 11.9 Å². The Labute approximate surface area is 114 Å². The Morgan fingerprint density at radius 1 is 1.20 bits per heavy atom. The summed E-state index contributed by atoms with van der Waals surface area (Å²) in [6.07, 6.45) is -5.52. The molecule has 3 unspecified atom stereocenters. The molecule has 1 aromatic rings. The van der Waals surface area contributed by atoms with Crippen molar-refractivity contribution in [3.05, 3.63) is 24.3 Å². The van der Waals surface area contributed by atoms with E-state index in [1.54, 1.807) is 0 Å². The molecular formula is C13H15F3O4. The SMILES string of the molecule is CCOC1C(O)CC1Oc1ccc(OC(F)(F)F)cc1. The third-order valence-corrected chi connectivity index (χ3v) is 2.92. The second kappa shape index (κ2) is 5.88. The summed E-state index contributed by atoms with van der Waals surface area (Å²) in [4.78, 5) is 0. The highest BCUT2D eigenvalue weighted by molar-refractivity contribution is 5.31. The van der Waals surface area contributed by atoms with Crippen molar-refractivity contribution in [2.75, 3.05) is 6.61 Å². The van der Waals surface area contributed by atoms with Crippen molar-refractivity contribution >= 4 is 0 Å². The first-order valence-corrected chi connectivity index (χ1v) is 6.21. The zero-order valence-corrected chi connectivity index (χ0v) is 10.8. The number of aliphatic hydroxyl groups excluding tert-OH is 1. The smallest absolute Gasteiger partial charge is 0.488 e. The summed E-state index contributed by atoms with van der Waals surface area (Å²) >= 11 is 0. The van der Waals surface area contributed by atoms with Crippen molar-refractivity contribution < 1.29 is 32.5 Å². The van der Waals surface area contributed by atoms with Crippen LogP contribution >= 0.6 is 0 Å². The molecule has 0 bridgehead atoms. The normalized spacial score (nSPS) is 25.9. The number of halogens is 3. The van der Waals surface area contributed by atoms with Crippen LogP contribution in [-0.4, -0.2) is 36.4 Å². The molecule has 1 aliphatic rings. The van der Waals surface area contributed by atoms with Gasteiger partial charge in [-0.25, -0.2) is 0 Å². The molecular weight excluding hydrogens is 277 g/mol. The van der Waals surface area contributed by atoms with Crippen LogP contribution in [0.15, 0.2) is 24.3 Å². The first kappa shape index (κ1) is 14.9. The van der Waals surface area contributed by atoms with Crippen LogP contribution in [-0.2, 0) is 4.74 Å². The summed E-state index contributed by atoms with van der Waals surface area (Å²) in [5.41, 5.74) is 0. The highest BCUT2D eigenvalue weighted by atomic mass is 19.4. The second-order valence-electron chi connectivity index (χ2n) is 4.40. The predicted molar refractivity (Wildman–Crippen MR) is 63.6 cm³/mol. The highest BCUT2D eigenvalue weighted by Crippen LogP contribution is 2.30. The minimum Gasteiger partial charge on any atom is -0.488 e. The van der Waals surface area contributed by atoms with Crippen molar-refractivity contribution in [2.45, 2.75) is 38.0 Å². The van der Waals surface area contributed by atoms with Gasteiger partial charge in [0.05, 0.1) is 6.10 Å². The van der Waals surface area contributed by atoms with Gasteiger partial charge in [0.1, 0.15) is 23.7 Å². The van der Waals surface area contributed by atoms with Crippen LogP contribution in [0.2, 0.25) is 0 Å². The summed E-state index contributed by atoms with van der Waals surface area (Å²) in [6, 6.07) is 5.12. The fourth-order valence-electron chi connectivity index (χ4n) is 1.98. The molecule has 1 saturated carbocycles. The molecule has 7 heteroatoms.